The fraction of sp³-hybridized carbons (Fsp3) is 0.353. The molecule has 0 saturated heterocycles. The Morgan fingerprint density at radius 3 is 3.05 bits per heavy atom. The highest BCUT2D eigenvalue weighted by Crippen LogP contribution is 2.28. The highest BCUT2D eigenvalue weighted by Gasteiger charge is 2.18. The number of hydrogen-bond acceptors (Lipinski definition) is 3. The zero-order valence-corrected chi connectivity index (χ0v) is 12.0. The Bertz CT molecular complexity index is 580. The Morgan fingerprint density at radius 2 is 2.15 bits per heavy atom. The van der Waals surface area contributed by atoms with E-state index in [0.717, 1.165) is 38.2 Å². The molecule has 0 amide bonds. The third-order valence-electron chi connectivity index (χ3n) is 3.73. The van der Waals surface area contributed by atoms with E-state index in [1.807, 2.05) is 12.3 Å². The van der Waals surface area contributed by atoms with Gasteiger partial charge in [-0.25, -0.2) is 0 Å². The predicted molar refractivity (Wildman–Crippen MR) is 84.2 cm³/mol. The Labute approximate surface area is 120 Å². The largest absolute Gasteiger partial charge is 0.385 e. The maximum Gasteiger partial charge on any atom is 0.0617 e. The van der Waals surface area contributed by atoms with Crippen LogP contribution in [0.1, 0.15) is 24.6 Å². The van der Waals surface area contributed by atoms with Gasteiger partial charge in [0.2, 0.25) is 0 Å². The molecule has 1 N–H and O–H groups in total. The number of fused-ring (bicyclic) bond motifs is 1. The first-order valence-electron chi connectivity index (χ1n) is 7.38. The first-order chi connectivity index (χ1) is 9.86. The van der Waals surface area contributed by atoms with Gasteiger partial charge in [-0.3, -0.25) is 4.98 Å². The second-order valence-corrected chi connectivity index (χ2v) is 5.26. The van der Waals surface area contributed by atoms with E-state index >= 15 is 0 Å². The zero-order valence-electron chi connectivity index (χ0n) is 12.0. The lowest BCUT2D eigenvalue weighted by atomic mass is 10.2. The average Bonchev–Trinajstić information content (AvgIpc) is 2.89. The third-order valence-corrected chi connectivity index (χ3v) is 3.73. The first-order valence-corrected chi connectivity index (χ1v) is 7.38. The van der Waals surface area contributed by atoms with Crippen LogP contribution in [-0.4, -0.2) is 18.1 Å². The number of para-hydroxylation sites is 1. The third kappa shape index (κ3) is 2.77. The van der Waals surface area contributed by atoms with Gasteiger partial charge in [-0.1, -0.05) is 25.1 Å². The standard InChI is InChI=1S/C17H21N3/c1-2-9-18-15-7-10-19-16(12-15)13-20-11-8-14-5-3-4-6-17(14)20/h3-7,10,12H,2,8-9,11,13H2,1H3,(H,18,19). The molecule has 1 aromatic carbocycles. The van der Waals surface area contributed by atoms with Crippen molar-refractivity contribution in [1.29, 1.82) is 0 Å². The highest BCUT2D eigenvalue weighted by atomic mass is 15.2. The molecule has 0 atom stereocenters. The van der Waals surface area contributed by atoms with Crippen LogP contribution in [0.4, 0.5) is 11.4 Å². The number of anilines is 2. The minimum Gasteiger partial charge on any atom is -0.385 e. The van der Waals surface area contributed by atoms with E-state index in [4.69, 9.17) is 0 Å². The molecule has 1 aliphatic rings. The topological polar surface area (TPSA) is 28.2 Å². The number of aromatic nitrogens is 1. The SMILES string of the molecule is CCCNc1ccnc(CN2CCc3ccccc32)c1. The van der Waals surface area contributed by atoms with Crippen molar-refractivity contribution in [3.8, 4) is 0 Å². The van der Waals surface area contributed by atoms with Crippen LogP contribution in [0.3, 0.4) is 0 Å². The molecule has 1 aliphatic heterocycles. The highest BCUT2D eigenvalue weighted by molar-refractivity contribution is 5.58. The van der Waals surface area contributed by atoms with E-state index in [0.29, 0.717) is 0 Å². The summed E-state index contributed by atoms with van der Waals surface area (Å²) in [6.07, 6.45) is 4.18. The van der Waals surface area contributed by atoms with Crippen LogP contribution < -0.4 is 10.2 Å². The zero-order chi connectivity index (χ0) is 13.8. The minimum absolute atomic E-state index is 0.888. The molecule has 104 valence electrons. The second kappa shape index (κ2) is 5.95. The van der Waals surface area contributed by atoms with E-state index in [1.165, 1.54) is 16.9 Å². The lowest BCUT2D eigenvalue weighted by molar-refractivity contribution is 0.814. The molecule has 0 fully saturated rings. The van der Waals surface area contributed by atoms with Gasteiger partial charge in [0.25, 0.3) is 0 Å². The maximum atomic E-state index is 4.50. The molecule has 20 heavy (non-hydrogen) atoms. The number of benzene rings is 1. The van der Waals surface area contributed by atoms with Gasteiger partial charge < -0.3 is 10.2 Å². The van der Waals surface area contributed by atoms with Crippen molar-refractivity contribution in [2.24, 2.45) is 0 Å². The van der Waals surface area contributed by atoms with Crippen LogP contribution in [0.2, 0.25) is 0 Å². The van der Waals surface area contributed by atoms with Crippen molar-refractivity contribution in [3.05, 3.63) is 53.9 Å². The Hall–Kier alpha value is -2.03. The summed E-state index contributed by atoms with van der Waals surface area (Å²) < 4.78 is 0. The number of nitrogens with zero attached hydrogens (tertiary/aromatic N) is 2. The van der Waals surface area contributed by atoms with E-state index < -0.39 is 0 Å². The van der Waals surface area contributed by atoms with Gasteiger partial charge in [0.05, 0.1) is 12.2 Å². The van der Waals surface area contributed by atoms with E-state index in [1.54, 1.807) is 0 Å². The predicted octanol–water partition coefficient (Wildman–Crippen LogP) is 3.47. The van der Waals surface area contributed by atoms with Gasteiger partial charge in [-0.05, 0) is 36.6 Å². The van der Waals surface area contributed by atoms with Crippen molar-refractivity contribution < 1.29 is 0 Å². The minimum atomic E-state index is 0.888. The van der Waals surface area contributed by atoms with Crippen molar-refractivity contribution in [2.75, 3.05) is 23.3 Å². The molecule has 3 rings (SSSR count). The molecule has 0 bridgehead atoms. The number of hydrogen-bond donors (Lipinski definition) is 1. The van der Waals surface area contributed by atoms with Crippen LogP contribution in [0.5, 0.6) is 0 Å². The molecule has 2 aromatic rings. The Morgan fingerprint density at radius 1 is 1.25 bits per heavy atom. The van der Waals surface area contributed by atoms with E-state index in [2.05, 4.69) is 52.5 Å². The summed E-state index contributed by atoms with van der Waals surface area (Å²) in [4.78, 5) is 6.92. The fourth-order valence-corrected chi connectivity index (χ4v) is 2.71. The monoisotopic (exact) mass is 267 g/mol. The van der Waals surface area contributed by atoms with Crippen molar-refractivity contribution in [2.45, 2.75) is 26.3 Å². The lowest BCUT2D eigenvalue weighted by Gasteiger charge is -2.19. The van der Waals surface area contributed by atoms with Crippen LogP contribution in [0.25, 0.3) is 0 Å². The van der Waals surface area contributed by atoms with Gasteiger partial charge in [0, 0.05) is 30.7 Å². The molecule has 0 unspecified atom stereocenters. The summed E-state index contributed by atoms with van der Waals surface area (Å²) in [5, 5.41) is 3.42. The Balaban J connectivity index is 1.72. The summed E-state index contributed by atoms with van der Waals surface area (Å²) >= 11 is 0. The molecule has 1 aromatic heterocycles. The normalized spacial score (nSPS) is 13.3. The smallest absolute Gasteiger partial charge is 0.0617 e. The maximum absolute atomic E-state index is 4.50. The molecule has 3 heteroatoms. The second-order valence-electron chi connectivity index (χ2n) is 5.26. The van der Waals surface area contributed by atoms with Gasteiger partial charge in [-0.15, -0.1) is 0 Å². The molecular weight excluding hydrogens is 246 g/mol. The van der Waals surface area contributed by atoms with Gasteiger partial charge in [0.1, 0.15) is 0 Å². The van der Waals surface area contributed by atoms with Crippen LogP contribution >= 0.6 is 0 Å². The lowest BCUT2D eigenvalue weighted by Crippen LogP contribution is -2.20. The van der Waals surface area contributed by atoms with E-state index in [9.17, 15) is 0 Å². The fourth-order valence-electron chi connectivity index (χ4n) is 2.71. The summed E-state index contributed by atoms with van der Waals surface area (Å²) in [5.41, 5.74) is 5.11. The molecule has 2 heterocycles. The Kier molecular flexibility index (Phi) is 3.86. The van der Waals surface area contributed by atoms with Gasteiger partial charge in [-0.2, -0.15) is 0 Å². The van der Waals surface area contributed by atoms with E-state index in [-0.39, 0.29) is 0 Å². The summed E-state index contributed by atoms with van der Waals surface area (Å²) in [6, 6.07) is 12.9. The van der Waals surface area contributed by atoms with Crippen molar-refractivity contribution in [3.63, 3.8) is 0 Å². The summed E-state index contributed by atoms with van der Waals surface area (Å²) in [5.74, 6) is 0. The van der Waals surface area contributed by atoms with Crippen LogP contribution in [0.15, 0.2) is 42.6 Å². The van der Waals surface area contributed by atoms with Crippen LogP contribution in [0, 0.1) is 0 Å². The summed E-state index contributed by atoms with van der Waals surface area (Å²) in [7, 11) is 0. The summed E-state index contributed by atoms with van der Waals surface area (Å²) in [6.45, 7) is 5.17. The molecule has 0 spiro atoms. The molecular formula is C17H21N3. The molecule has 0 aliphatic carbocycles. The number of pyridine rings is 1. The van der Waals surface area contributed by atoms with Gasteiger partial charge >= 0.3 is 0 Å². The molecule has 0 saturated carbocycles. The van der Waals surface area contributed by atoms with Crippen LogP contribution in [-0.2, 0) is 13.0 Å². The average molecular weight is 267 g/mol. The number of nitrogens with one attached hydrogen (secondary N) is 1. The quantitative estimate of drug-likeness (QED) is 0.899. The number of rotatable bonds is 5. The molecule has 0 radical (unpaired) electrons. The first kappa shape index (κ1) is 13.0. The molecule has 3 nitrogen and oxygen atoms in total. The van der Waals surface area contributed by atoms with Crippen molar-refractivity contribution in [1.82, 2.24) is 4.98 Å². The van der Waals surface area contributed by atoms with Gasteiger partial charge in [0.15, 0.2) is 0 Å². The van der Waals surface area contributed by atoms with Crippen molar-refractivity contribution >= 4 is 11.4 Å².